The summed E-state index contributed by atoms with van der Waals surface area (Å²) in [6, 6.07) is 10.7. The SMILES string of the molecule is O=C(N/N=C/c1cccc([N+](=O)[O-])c1)C1CC(c2ccc(Cl)c(Cl)c2)NN1. The Morgan fingerprint density at radius 3 is 2.78 bits per heavy atom. The summed E-state index contributed by atoms with van der Waals surface area (Å²) in [7, 11) is 0. The number of benzene rings is 2. The molecule has 1 aliphatic rings. The Kier molecular flexibility index (Phi) is 6.02. The summed E-state index contributed by atoms with van der Waals surface area (Å²) in [6.07, 6.45) is 1.85. The fourth-order valence-corrected chi connectivity index (χ4v) is 2.95. The zero-order chi connectivity index (χ0) is 19.4. The fraction of sp³-hybridized carbons (Fsp3) is 0.176. The van der Waals surface area contributed by atoms with Crippen molar-refractivity contribution in [2.45, 2.75) is 18.5 Å². The molecule has 2 atom stereocenters. The van der Waals surface area contributed by atoms with Crippen LogP contribution in [0.4, 0.5) is 5.69 Å². The van der Waals surface area contributed by atoms with Crippen LogP contribution in [0.5, 0.6) is 0 Å². The van der Waals surface area contributed by atoms with Crippen molar-refractivity contribution in [3.05, 3.63) is 73.8 Å². The lowest BCUT2D eigenvalue weighted by Crippen LogP contribution is -2.41. The quantitative estimate of drug-likeness (QED) is 0.401. The molecule has 140 valence electrons. The largest absolute Gasteiger partial charge is 0.271 e. The van der Waals surface area contributed by atoms with Crippen LogP contribution in [0.1, 0.15) is 23.6 Å². The van der Waals surface area contributed by atoms with E-state index in [9.17, 15) is 14.9 Å². The van der Waals surface area contributed by atoms with Gasteiger partial charge in [-0.15, -0.1) is 0 Å². The molecule has 3 rings (SSSR count). The molecule has 0 radical (unpaired) electrons. The van der Waals surface area contributed by atoms with Gasteiger partial charge in [0.2, 0.25) is 0 Å². The third-order valence-corrected chi connectivity index (χ3v) is 4.77. The van der Waals surface area contributed by atoms with Crippen LogP contribution in [-0.2, 0) is 4.79 Å². The second kappa shape index (κ2) is 8.45. The number of carbonyl (C=O) groups is 1. The molecule has 2 unspecified atom stereocenters. The number of rotatable bonds is 5. The van der Waals surface area contributed by atoms with Crippen molar-refractivity contribution in [2.24, 2.45) is 5.10 Å². The first kappa shape index (κ1) is 19.2. The van der Waals surface area contributed by atoms with E-state index in [1.54, 1.807) is 24.3 Å². The van der Waals surface area contributed by atoms with Crippen LogP contribution in [0, 0.1) is 10.1 Å². The van der Waals surface area contributed by atoms with Gasteiger partial charge >= 0.3 is 0 Å². The first-order valence-electron chi connectivity index (χ1n) is 7.97. The van der Waals surface area contributed by atoms with Gasteiger partial charge in [-0.25, -0.2) is 16.3 Å². The minimum atomic E-state index is -0.494. The highest BCUT2D eigenvalue weighted by atomic mass is 35.5. The van der Waals surface area contributed by atoms with Gasteiger partial charge in [0.15, 0.2) is 0 Å². The Bertz CT molecular complexity index is 906. The van der Waals surface area contributed by atoms with Crippen LogP contribution in [0.25, 0.3) is 0 Å². The fourth-order valence-electron chi connectivity index (χ4n) is 2.64. The normalized spacial score (nSPS) is 19.3. The van der Waals surface area contributed by atoms with Crippen molar-refractivity contribution in [1.29, 1.82) is 0 Å². The van der Waals surface area contributed by atoms with Gasteiger partial charge in [0.05, 0.1) is 21.2 Å². The minimum Gasteiger partial charge on any atom is -0.271 e. The highest BCUT2D eigenvalue weighted by Crippen LogP contribution is 2.29. The number of non-ortho nitro benzene ring substituents is 1. The molecule has 3 N–H and O–H groups in total. The molecule has 0 aliphatic carbocycles. The molecule has 1 heterocycles. The number of carbonyl (C=O) groups excluding carboxylic acids is 1. The number of nitro groups is 1. The van der Waals surface area contributed by atoms with E-state index in [4.69, 9.17) is 23.2 Å². The van der Waals surface area contributed by atoms with E-state index in [0.29, 0.717) is 22.0 Å². The molecule has 0 saturated carbocycles. The zero-order valence-electron chi connectivity index (χ0n) is 13.9. The van der Waals surface area contributed by atoms with Gasteiger partial charge in [0, 0.05) is 23.7 Å². The van der Waals surface area contributed by atoms with E-state index in [1.165, 1.54) is 18.3 Å². The van der Waals surface area contributed by atoms with Crippen LogP contribution in [-0.4, -0.2) is 23.1 Å². The molecule has 1 amide bonds. The number of nitro benzene ring substituents is 1. The molecule has 2 aromatic rings. The lowest BCUT2D eigenvalue weighted by molar-refractivity contribution is -0.384. The van der Waals surface area contributed by atoms with Crippen molar-refractivity contribution in [3.8, 4) is 0 Å². The van der Waals surface area contributed by atoms with Gasteiger partial charge < -0.3 is 0 Å². The lowest BCUT2D eigenvalue weighted by atomic mass is 10.0. The van der Waals surface area contributed by atoms with Crippen LogP contribution in [0.15, 0.2) is 47.6 Å². The van der Waals surface area contributed by atoms with Gasteiger partial charge in [0.1, 0.15) is 6.04 Å². The first-order chi connectivity index (χ1) is 12.9. The molecule has 10 heteroatoms. The first-order valence-corrected chi connectivity index (χ1v) is 8.73. The Morgan fingerprint density at radius 2 is 2.04 bits per heavy atom. The van der Waals surface area contributed by atoms with Gasteiger partial charge in [-0.1, -0.05) is 41.4 Å². The maximum atomic E-state index is 12.2. The summed E-state index contributed by atoms with van der Waals surface area (Å²) in [5, 5.41) is 15.5. The molecular formula is C17H15Cl2N5O3. The van der Waals surface area contributed by atoms with E-state index in [-0.39, 0.29) is 17.6 Å². The molecule has 0 aromatic heterocycles. The Morgan fingerprint density at radius 1 is 1.22 bits per heavy atom. The predicted molar refractivity (Wildman–Crippen MR) is 103 cm³/mol. The molecule has 1 saturated heterocycles. The smallest absolute Gasteiger partial charge is 0.270 e. The number of amides is 1. The molecule has 1 fully saturated rings. The monoisotopic (exact) mass is 407 g/mol. The number of nitrogens with zero attached hydrogens (tertiary/aromatic N) is 2. The molecular weight excluding hydrogens is 393 g/mol. The number of nitrogens with one attached hydrogen (secondary N) is 3. The Labute approximate surface area is 164 Å². The predicted octanol–water partition coefficient (Wildman–Crippen LogP) is 2.96. The Hall–Kier alpha value is -2.52. The number of hydrazine groups is 1. The van der Waals surface area contributed by atoms with Gasteiger partial charge in [-0.2, -0.15) is 5.10 Å². The van der Waals surface area contributed by atoms with Crippen molar-refractivity contribution in [2.75, 3.05) is 0 Å². The summed E-state index contributed by atoms with van der Waals surface area (Å²) in [6.45, 7) is 0. The van der Waals surface area contributed by atoms with Crippen molar-refractivity contribution < 1.29 is 9.72 Å². The van der Waals surface area contributed by atoms with Crippen LogP contribution >= 0.6 is 23.2 Å². The summed E-state index contributed by atoms with van der Waals surface area (Å²) in [4.78, 5) is 22.5. The van der Waals surface area contributed by atoms with Crippen LogP contribution in [0.2, 0.25) is 10.0 Å². The summed E-state index contributed by atoms with van der Waals surface area (Å²) in [5.74, 6) is -0.327. The molecule has 8 nitrogen and oxygen atoms in total. The number of hydrogen-bond acceptors (Lipinski definition) is 6. The van der Waals surface area contributed by atoms with Crippen molar-refractivity contribution in [3.63, 3.8) is 0 Å². The third-order valence-electron chi connectivity index (χ3n) is 4.04. The average Bonchev–Trinajstić information content (AvgIpc) is 3.14. The van der Waals surface area contributed by atoms with Crippen LogP contribution in [0.3, 0.4) is 0 Å². The number of halogens is 2. The van der Waals surface area contributed by atoms with Gasteiger partial charge in [-0.3, -0.25) is 14.9 Å². The standard InChI is InChI=1S/C17H15Cl2N5O3/c18-13-5-4-11(7-14(13)19)15-8-16(22-21-15)17(25)23-20-9-10-2-1-3-12(6-10)24(26)27/h1-7,9,15-16,21-22H,8H2,(H,23,25)/b20-9+. The summed E-state index contributed by atoms with van der Waals surface area (Å²) in [5.41, 5.74) is 9.75. The lowest BCUT2D eigenvalue weighted by Gasteiger charge is -2.10. The highest BCUT2D eigenvalue weighted by molar-refractivity contribution is 6.42. The molecule has 0 spiro atoms. The average molecular weight is 408 g/mol. The highest BCUT2D eigenvalue weighted by Gasteiger charge is 2.30. The zero-order valence-corrected chi connectivity index (χ0v) is 15.4. The second-order valence-corrected chi connectivity index (χ2v) is 6.70. The van der Waals surface area contributed by atoms with Gasteiger partial charge in [-0.05, 0) is 24.1 Å². The van der Waals surface area contributed by atoms with E-state index < -0.39 is 11.0 Å². The maximum Gasteiger partial charge on any atom is 0.270 e. The van der Waals surface area contributed by atoms with E-state index in [2.05, 4.69) is 21.4 Å². The molecule has 2 aromatic carbocycles. The second-order valence-electron chi connectivity index (χ2n) is 5.89. The molecule has 0 bridgehead atoms. The maximum absolute atomic E-state index is 12.2. The molecule has 1 aliphatic heterocycles. The minimum absolute atomic E-state index is 0.0450. The summed E-state index contributed by atoms with van der Waals surface area (Å²) < 4.78 is 0. The molecule has 27 heavy (non-hydrogen) atoms. The van der Waals surface area contributed by atoms with Crippen LogP contribution < -0.4 is 16.3 Å². The number of hydrogen-bond donors (Lipinski definition) is 3. The van der Waals surface area contributed by atoms with Gasteiger partial charge in [0.25, 0.3) is 11.6 Å². The van der Waals surface area contributed by atoms with E-state index in [0.717, 1.165) is 5.56 Å². The topological polar surface area (TPSA) is 109 Å². The summed E-state index contributed by atoms with van der Waals surface area (Å²) >= 11 is 11.9. The van der Waals surface area contributed by atoms with E-state index in [1.807, 2.05) is 6.07 Å². The van der Waals surface area contributed by atoms with Crippen molar-refractivity contribution in [1.82, 2.24) is 16.3 Å². The Balaban J connectivity index is 1.57. The number of hydrazone groups is 1. The third kappa shape index (κ3) is 4.81. The van der Waals surface area contributed by atoms with Crippen molar-refractivity contribution >= 4 is 41.0 Å². The van der Waals surface area contributed by atoms with E-state index >= 15 is 0 Å².